The fraction of sp³-hybridized carbons (Fsp3) is 0.300. The molecule has 2 rings (SSSR count). The van der Waals surface area contributed by atoms with E-state index in [9.17, 15) is 14.9 Å². The molecule has 0 radical (unpaired) electrons. The van der Waals surface area contributed by atoms with Crippen LogP contribution in [0.4, 0.5) is 5.69 Å². The lowest BCUT2D eigenvalue weighted by molar-refractivity contribution is -0.386. The predicted molar refractivity (Wildman–Crippen MR) is 61.2 cm³/mol. The third-order valence-corrected chi connectivity index (χ3v) is 2.49. The summed E-state index contributed by atoms with van der Waals surface area (Å²) in [5, 5.41) is 13.9. The third-order valence-electron chi connectivity index (χ3n) is 2.49. The van der Waals surface area contributed by atoms with E-state index in [1.54, 1.807) is 0 Å². The number of ether oxygens (including phenoxy) is 2. The summed E-state index contributed by atoms with van der Waals surface area (Å²) in [6.07, 6.45) is -0.816. The number of carbonyl (C=O) groups excluding carboxylic acids is 1. The zero-order valence-corrected chi connectivity index (χ0v) is 9.55. The van der Waals surface area contributed by atoms with E-state index >= 15 is 0 Å². The smallest absolute Gasteiger partial charge is 0.278 e. The molecule has 0 spiro atoms. The second-order valence-corrected chi connectivity index (χ2v) is 3.60. The first-order valence-corrected chi connectivity index (χ1v) is 5.24. The Bertz CT molecular complexity index is 575. The molecule has 0 atom stereocenters. The van der Waals surface area contributed by atoms with E-state index in [0.717, 1.165) is 6.07 Å². The van der Waals surface area contributed by atoms with Crippen LogP contribution in [0, 0.1) is 10.1 Å². The summed E-state index contributed by atoms with van der Waals surface area (Å²) in [5.41, 5.74) is 8.01. The average molecular weight is 264 g/mol. The molecule has 0 saturated carbocycles. The Hall–Kier alpha value is -2.48. The minimum atomic E-state index is -0.884. The van der Waals surface area contributed by atoms with E-state index in [0.29, 0.717) is 13.2 Å². The molecule has 1 fully saturated rings. The minimum absolute atomic E-state index is 0.0637. The van der Waals surface area contributed by atoms with E-state index in [1.165, 1.54) is 12.1 Å². The maximum Gasteiger partial charge on any atom is 0.278 e. The zero-order valence-electron chi connectivity index (χ0n) is 9.55. The monoisotopic (exact) mass is 264 g/mol. The van der Waals surface area contributed by atoms with Gasteiger partial charge in [-0.25, -0.2) is 0 Å². The number of nitro benzene ring substituents is 1. The number of nitro groups is 1. The van der Waals surface area contributed by atoms with Gasteiger partial charge in [-0.05, 0) is 16.7 Å². The van der Waals surface area contributed by atoms with Crippen LogP contribution in [-0.4, -0.2) is 24.0 Å². The standard InChI is InChI=1S/C10H8N4O5/c11-13-12-9(15)6-1-2-7(8(5-6)14(16)17)10-18-3-4-19-10/h1-2,5,10H,3-4H2. The van der Waals surface area contributed by atoms with Gasteiger partial charge in [0, 0.05) is 16.5 Å². The molecule has 1 aliphatic heterocycles. The van der Waals surface area contributed by atoms with Gasteiger partial charge in [0.05, 0.1) is 23.7 Å². The second kappa shape index (κ2) is 5.44. The first-order valence-electron chi connectivity index (χ1n) is 5.24. The van der Waals surface area contributed by atoms with Gasteiger partial charge in [-0.3, -0.25) is 14.9 Å². The van der Waals surface area contributed by atoms with Gasteiger partial charge in [0.1, 0.15) is 0 Å². The lowest BCUT2D eigenvalue weighted by Gasteiger charge is -2.10. The molecule has 1 aliphatic rings. The highest BCUT2D eigenvalue weighted by atomic mass is 16.7. The lowest BCUT2D eigenvalue weighted by atomic mass is 10.1. The van der Waals surface area contributed by atoms with Crippen LogP contribution in [0.5, 0.6) is 0 Å². The summed E-state index contributed by atoms with van der Waals surface area (Å²) >= 11 is 0. The fourth-order valence-corrected chi connectivity index (χ4v) is 1.67. The van der Waals surface area contributed by atoms with E-state index in [-0.39, 0.29) is 16.8 Å². The molecule has 0 aromatic heterocycles. The molecule has 0 unspecified atom stereocenters. The van der Waals surface area contributed by atoms with Crippen molar-refractivity contribution in [1.29, 1.82) is 0 Å². The van der Waals surface area contributed by atoms with Gasteiger partial charge in [-0.15, -0.1) is 0 Å². The Labute approximate surface area is 106 Å². The number of hydrogen-bond donors (Lipinski definition) is 0. The van der Waals surface area contributed by atoms with Gasteiger partial charge < -0.3 is 9.47 Å². The molecule has 1 aromatic rings. The Kier molecular flexibility index (Phi) is 3.71. The van der Waals surface area contributed by atoms with Gasteiger partial charge in [-0.2, -0.15) is 0 Å². The van der Waals surface area contributed by atoms with Crippen molar-refractivity contribution in [2.45, 2.75) is 6.29 Å². The van der Waals surface area contributed by atoms with Crippen LogP contribution >= 0.6 is 0 Å². The summed E-state index contributed by atoms with van der Waals surface area (Å²) in [4.78, 5) is 24.0. The van der Waals surface area contributed by atoms with Crippen molar-refractivity contribution in [2.24, 2.45) is 5.11 Å². The number of amides is 1. The van der Waals surface area contributed by atoms with Gasteiger partial charge in [0.2, 0.25) is 5.91 Å². The van der Waals surface area contributed by atoms with Crippen molar-refractivity contribution in [3.8, 4) is 0 Å². The van der Waals surface area contributed by atoms with Crippen molar-refractivity contribution in [3.63, 3.8) is 0 Å². The molecule has 0 aliphatic carbocycles. The van der Waals surface area contributed by atoms with Crippen molar-refractivity contribution in [3.05, 3.63) is 49.9 Å². The molecule has 1 heterocycles. The highest BCUT2D eigenvalue weighted by Gasteiger charge is 2.27. The average Bonchev–Trinajstić information content (AvgIpc) is 2.92. The van der Waals surface area contributed by atoms with Crippen LogP contribution in [0.25, 0.3) is 10.4 Å². The van der Waals surface area contributed by atoms with Gasteiger partial charge in [-0.1, -0.05) is 6.07 Å². The highest BCUT2D eigenvalue weighted by molar-refractivity contribution is 5.95. The fourth-order valence-electron chi connectivity index (χ4n) is 1.67. The molecule has 1 aromatic carbocycles. The highest BCUT2D eigenvalue weighted by Crippen LogP contribution is 2.31. The van der Waals surface area contributed by atoms with Crippen LogP contribution in [0.3, 0.4) is 0 Å². The van der Waals surface area contributed by atoms with Crippen LogP contribution in [0.1, 0.15) is 22.2 Å². The van der Waals surface area contributed by atoms with Crippen molar-refractivity contribution >= 4 is 11.6 Å². The van der Waals surface area contributed by atoms with Crippen LogP contribution in [0.15, 0.2) is 23.3 Å². The molecular weight excluding hydrogens is 256 g/mol. The number of rotatable bonds is 3. The molecule has 1 saturated heterocycles. The molecule has 98 valence electrons. The van der Waals surface area contributed by atoms with Crippen molar-refractivity contribution < 1.29 is 19.2 Å². The first-order chi connectivity index (χ1) is 9.13. The van der Waals surface area contributed by atoms with E-state index in [4.69, 9.17) is 15.0 Å². The first kappa shape index (κ1) is 13.0. The number of hydrogen-bond acceptors (Lipinski definition) is 5. The Morgan fingerprint density at radius 1 is 1.47 bits per heavy atom. The quantitative estimate of drug-likeness (QED) is 0.271. The SMILES string of the molecule is [N-]=[N+]=NC(=O)c1ccc(C2OCCO2)c([N+](=O)[O-])c1. The lowest BCUT2D eigenvalue weighted by Crippen LogP contribution is -2.05. The largest absolute Gasteiger partial charge is 0.346 e. The Morgan fingerprint density at radius 3 is 2.74 bits per heavy atom. The number of carbonyl (C=O) groups is 1. The van der Waals surface area contributed by atoms with Crippen molar-refractivity contribution in [1.82, 2.24) is 0 Å². The van der Waals surface area contributed by atoms with Gasteiger partial charge >= 0.3 is 0 Å². The Balaban J connectivity index is 2.43. The second-order valence-electron chi connectivity index (χ2n) is 3.60. The molecule has 0 N–H and O–H groups in total. The van der Waals surface area contributed by atoms with E-state index in [1.807, 2.05) is 0 Å². The normalized spacial score (nSPS) is 14.9. The maximum absolute atomic E-state index is 11.3. The van der Waals surface area contributed by atoms with E-state index in [2.05, 4.69) is 10.0 Å². The van der Waals surface area contributed by atoms with Crippen LogP contribution in [-0.2, 0) is 9.47 Å². The summed E-state index contributed by atoms with van der Waals surface area (Å²) in [7, 11) is 0. The topological polar surface area (TPSA) is 127 Å². The number of nitrogens with zero attached hydrogens (tertiary/aromatic N) is 4. The number of azide groups is 1. The Morgan fingerprint density at radius 2 is 2.16 bits per heavy atom. The predicted octanol–water partition coefficient (Wildman–Crippen LogP) is 2.09. The molecular formula is C10H8N4O5. The van der Waals surface area contributed by atoms with Crippen LogP contribution in [0.2, 0.25) is 0 Å². The molecule has 0 bridgehead atoms. The molecule has 9 nitrogen and oxygen atoms in total. The molecule has 9 heteroatoms. The molecule has 19 heavy (non-hydrogen) atoms. The molecule has 1 amide bonds. The van der Waals surface area contributed by atoms with Gasteiger partial charge in [0.25, 0.3) is 5.69 Å². The van der Waals surface area contributed by atoms with Crippen LogP contribution < -0.4 is 0 Å². The summed E-state index contributed by atoms with van der Waals surface area (Å²) in [6, 6.07) is 3.72. The van der Waals surface area contributed by atoms with Gasteiger partial charge in [0.15, 0.2) is 6.29 Å². The summed E-state index contributed by atoms with van der Waals surface area (Å²) in [5.74, 6) is -0.884. The summed E-state index contributed by atoms with van der Waals surface area (Å²) in [6.45, 7) is 0.697. The number of benzene rings is 1. The van der Waals surface area contributed by atoms with Crippen molar-refractivity contribution in [2.75, 3.05) is 13.2 Å². The minimum Gasteiger partial charge on any atom is -0.346 e. The third kappa shape index (κ3) is 2.68. The zero-order chi connectivity index (χ0) is 13.8. The summed E-state index contributed by atoms with van der Waals surface area (Å²) < 4.78 is 10.4. The van der Waals surface area contributed by atoms with E-state index < -0.39 is 17.1 Å². The maximum atomic E-state index is 11.3.